The summed E-state index contributed by atoms with van der Waals surface area (Å²) in [5.74, 6) is 0.116. The van der Waals surface area contributed by atoms with Gasteiger partial charge in [-0.25, -0.2) is 4.39 Å². The van der Waals surface area contributed by atoms with E-state index in [4.69, 9.17) is 11.6 Å². The monoisotopic (exact) mass is 370 g/mol. The summed E-state index contributed by atoms with van der Waals surface area (Å²) in [5, 5.41) is 1.82. The third-order valence-electron chi connectivity index (χ3n) is 5.09. The van der Waals surface area contributed by atoms with Crippen LogP contribution < -0.4 is 0 Å². The minimum atomic E-state index is -0.279. The molecule has 1 unspecified atom stereocenters. The van der Waals surface area contributed by atoms with Gasteiger partial charge in [-0.2, -0.15) is 0 Å². The van der Waals surface area contributed by atoms with Gasteiger partial charge in [0.2, 0.25) is 5.91 Å². The Hall–Kier alpha value is -2.33. The Morgan fingerprint density at radius 1 is 1.19 bits per heavy atom. The summed E-state index contributed by atoms with van der Waals surface area (Å²) in [4.78, 5) is 18.0. The number of carbonyl (C=O) groups excluding carboxylic acids is 1. The van der Waals surface area contributed by atoms with Crippen LogP contribution in [-0.2, 0) is 11.2 Å². The van der Waals surface area contributed by atoms with E-state index in [1.807, 2.05) is 23.1 Å². The van der Waals surface area contributed by atoms with Crippen molar-refractivity contribution in [2.24, 2.45) is 0 Å². The summed E-state index contributed by atoms with van der Waals surface area (Å²) in [6.07, 6.45) is 2.35. The number of benzene rings is 2. The van der Waals surface area contributed by atoms with Gasteiger partial charge in [-0.1, -0.05) is 23.7 Å². The van der Waals surface area contributed by atoms with Crippen molar-refractivity contribution in [3.8, 4) is 0 Å². The van der Waals surface area contributed by atoms with Gasteiger partial charge in [0.25, 0.3) is 0 Å². The molecule has 1 amide bonds. The number of piperidine rings is 1. The third-order valence-corrected chi connectivity index (χ3v) is 5.32. The smallest absolute Gasteiger partial charge is 0.227 e. The van der Waals surface area contributed by atoms with Gasteiger partial charge in [-0.15, -0.1) is 0 Å². The fourth-order valence-corrected chi connectivity index (χ4v) is 3.87. The summed E-state index contributed by atoms with van der Waals surface area (Å²) in [6.45, 7) is 1.49. The van der Waals surface area contributed by atoms with Gasteiger partial charge in [0, 0.05) is 40.6 Å². The highest BCUT2D eigenvalue weighted by Gasteiger charge is 2.25. The van der Waals surface area contributed by atoms with Crippen LogP contribution >= 0.6 is 11.6 Å². The molecule has 1 atom stereocenters. The van der Waals surface area contributed by atoms with E-state index >= 15 is 0 Å². The Kier molecular flexibility index (Phi) is 4.68. The van der Waals surface area contributed by atoms with Crippen molar-refractivity contribution in [3.63, 3.8) is 0 Å². The molecule has 0 spiro atoms. The average molecular weight is 371 g/mol. The van der Waals surface area contributed by atoms with Crippen LogP contribution in [0.25, 0.3) is 10.9 Å². The highest BCUT2D eigenvalue weighted by Crippen LogP contribution is 2.30. The van der Waals surface area contributed by atoms with Crippen molar-refractivity contribution >= 4 is 28.4 Å². The molecule has 0 saturated carbocycles. The van der Waals surface area contributed by atoms with E-state index in [9.17, 15) is 9.18 Å². The molecule has 0 bridgehead atoms. The second-order valence-electron chi connectivity index (χ2n) is 6.94. The number of hydrogen-bond donors (Lipinski definition) is 1. The molecular formula is C21H20ClFN2O. The van der Waals surface area contributed by atoms with Crippen molar-refractivity contribution in [1.29, 1.82) is 0 Å². The summed E-state index contributed by atoms with van der Waals surface area (Å²) in [5.41, 5.74) is 3.07. The lowest BCUT2D eigenvalue weighted by Gasteiger charge is -2.32. The minimum absolute atomic E-state index is 0.0977. The number of hydrogen-bond acceptors (Lipinski definition) is 1. The van der Waals surface area contributed by atoms with Gasteiger partial charge in [-0.05, 0) is 54.8 Å². The number of H-pyrrole nitrogens is 1. The highest BCUT2D eigenvalue weighted by molar-refractivity contribution is 6.31. The maximum Gasteiger partial charge on any atom is 0.227 e. The van der Waals surface area contributed by atoms with Crippen LogP contribution in [0.15, 0.2) is 48.5 Å². The number of rotatable bonds is 3. The number of likely N-dealkylation sites (tertiary alicyclic amines) is 1. The lowest BCUT2D eigenvalue weighted by atomic mass is 9.94. The summed E-state index contributed by atoms with van der Waals surface area (Å²) in [6, 6.07) is 14.1. The first kappa shape index (κ1) is 17.1. The molecule has 0 aliphatic carbocycles. The van der Waals surface area contributed by atoms with Gasteiger partial charge in [-0.3, -0.25) is 4.79 Å². The summed E-state index contributed by atoms with van der Waals surface area (Å²) < 4.78 is 13.0. The largest absolute Gasteiger partial charge is 0.358 e. The van der Waals surface area contributed by atoms with Gasteiger partial charge < -0.3 is 9.88 Å². The number of amides is 1. The van der Waals surface area contributed by atoms with Crippen LogP contribution in [0.5, 0.6) is 0 Å². The minimum Gasteiger partial charge on any atom is -0.358 e. The molecule has 134 valence electrons. The highest BCUT2D eigenvalue weighted by atomic mass is 35.5. The Morgan fingerprint density at radius 3 is 2.81 bits per heavy atom. The van der Waals surface area contributed by atoms with Crippen LogP contribution in [-0.4, -0.2) is 28.9 Å². The van der Waals surface area contributed by atoms with E-state index in [0.717, 1.165) is 46.6 Å². The van der Waals surface area contributed by atoms with Crippen LogP contribution in [0.1, 0.15) is 30.0 Å². The number of aromatic amines is 1. The van der Waals surface area contributed by atoms with Crippen molar-refractivity contribution < 1.29 is 9.18 Å². The third kappa shape index (κ3) is 3.61. The Morgan fingerprint density at radius 2 is 2.00 bits per heavy atom. The summed E-state index contributed by atoms with van der Waals surface area (Å²) >= 11 is 6.07. The number of nitrogens with one attached hydrogen (secondary N) is 1. The van der Waals surface area contributed by atoms with E-state index in [-0.39, 0.29) is 11.7 Å². The second-order valence-corrected chi connectivity index (χ2v) is 7.37. The quantitative estimate of drug-likeness (QED) is 0.698. The maximum absolute atomic E-state index is 13.0. The van der Waals surface area contributed by atoms with Crippen LogP contribution in [0.2, 0.25) is 5.02 Å². The molecule has 0 radical (unpaired) electrons. The van der Waals surface area contributed by atoms with Crippen LogP contribution in [0.3, 0.4) is 0 Å². The predicted octanol–water partition coefficient (Wildman–Crippen LogP) is 4.91. The molecule has 1 saturated heterocycles. The van der Waals surface area contributed by atoms with Crippen molar-refractivity contribution in [2.45, 2.75) is 25.2 Å². The number of halogens is 2. The zero-order valence-corrected chi connectivity index (χ0v) is 15.1. The van der Waals surface area contributed by atoms with Gasteiger partial charge in [0.05, 0.1) is 6.42 Å². The van der Waals surface area contributed by atoms with Gasteiger partial charge in [0.1, 0.15) is 5.82 Å². The molecule has 3 nitrogen and oxygen atoms in total. The second kappa shape index (κ2) is 7.12. The topological polar surface area (TPSA) is 36.1 Å². The first-order valence-electron chi connectivity index (χ1n) is 8.89. The molecule has 26 heavy (non-hydrogen) atoms. The summed E-state index contributed by atoms with van der Waals surface area (Å²) in [7, 11) is 0. The van der Waals surface area contributed by atoms with E-state index in [2.05, 4.69) is 11.1 Å². The SMILES string of the molecule is O=C(Cc1ccc(F)cc1)N1CCCC(c2cc3cc(Cl)ccc3[nH]2)C1. The molecule has 4 rings (SSSR count). The molecule has 1 aromatic heterocycles. The van der Waals surface area contributed by atoms with Gasteiger partial charge >= 0.3 is 0 Å². The average Bonchev–Trinajstić information content (AvgIpc) is 3.07. The molecule has 1 fully saturated rings. The van der Waals surface area contributed by atoms with E-state index in [1.54, 1.807) is 12.1 Å². The lowest BCUT2D eigenvalue weighted by Crippen LogP contribution is -2.40. The molecule has 2 aromatic carbocycles. The van der Waals surface area contributed by atoms with E-state index in [1.165, 1.54) is 12.1 Å². The fraction of sp³-hybridized carbons (Fsp3) is 0.286. The molecule has 1 N–H and O–H groups in total. The number of fused-ring (bicyclic) bond motifs is 1. The molecule has 5 heteroatoms. The number of aromatic nitrogens is 1. The van der Waals surface area contributed by atoms with Gasteiger partial charge in [0.15, 0.2) is 0 Å². The Bertz CT molecular complexity index is 935. The van der Waals surface area contributed by atoms with E-state index < -0.39 is 0 Å². The Balaban J connectivity index is 1.47. The lowest BCUT2D eigenvalue weighted by molar-refractivity contribution is -0.131. The van der Waals surface area contributed by atoms with Crippen LogP contribution in [0.4, 0.5) is 4.39 Å². The fourth-order valence-electron chi connectivity index (χ4n) is 3.69. The van der Waals surface area contributed by atoms with Crippen LogP contribution in [0, 0.1) is 5.82 Å². The van der Waals surface area contributed by atoms with Crippen molar-refractivity contribution in [1.82, 2.24) is 9.88 Å². The first-order valence-corrected chi connectivity index (χ1v) is 9.27. The normalized spacial score (nSPS) is 17.6. The Labute approximate surface area is 156 Å². The maximum atomic E-state index is 13.0. The first-order chi connectivity index (χ1) is 12.6. The predicted molar refractivity (Wildman–Crippen MR) is 102 cm³/mol. The molecule has 2 heterocycles. The zero-order valence-electron chi connectivity index (χ0n) is 14.3. The zero-order chi connectivity index (χ0) is 18.1. The van der Waals surface area contributed by atoms with Crippen molar-refractivity contribution in [2.75, 3.05) is 13.1 Å². The number of carbonyl (C=O) groups is 1. The number of nitrogens with zero attached hydrogens (tertiary/aromatic N) is 1. The van der Waals surface area contributed by atoms with E-state index in [0.29, 0.717) is 18.9 Å². The molecule has 3 aromatic rings. The molecule has 1 aliphatic rings. The standard InChI is InChI=1S/C21H20ClFN2O/c22-17-5-8-19-16(11-17)12-20(24-19)15-2-1-9-25(13-15)21(26)10-14-3-6-18(23)7-4-14/h3-8,11-12,15,24H,1-2,9-10,13H2. The molecular weight excluding hydrogens is 351 g/mol. The molecule has 1 aliphatic heterocycles. The van der Waals surface area contributed by atoms with Crippen molar-refractivity contribution in [3.05, 3.63) is 70.6 Å².